The van der Waals surface area contributed by atoms with Gasteiger partial charge < -0.3 is 4.74 Å². The SMILES string of the molecule is CCCCCCC[C@H]1CC[C@H](c2ccc(-c3ccc(-c4ccc(OC)cc4)c(C#N)c3C#N)cc2)CC1. The summed E-state index contributed by atoms with van der Waals surface area (Å²) in [5, 5.41) is 20.0. The van der Waals surface area contributed by atoms with E-state index in [2.05, 4.69) is 43.3 Å². The Morgan fingerprint density at radius 3 is 1.76 bits per heavy atom. The van der Waals surface area contributed by atoms with Crippen molar-refractivity contribution in [1.29, 1.82) is 10.5 Å². The molecule has 0 bridgehead atoms. The molecule has 3 heteroatoms. The predicted octanol–water partition coefficient (Wildman–Crippen LogP) is 9.41. The molecule has 190 valence electrons. The van der Waals surface area contributed by atoms with E-state index in [1.54, 1.807) is 7.11 Å². The van der Waals surface area contributed by atoms with Crippen molar-refractivity contribution < 1.29 is 4.74 Å². The number of unbranched alkanes of at least 4 members (excludes halogenated alkanes) is 4. The zero-order valence-corrected chi connectivity index (χ0v) is 22.3. The topological polar surface area (TPSA) is 56.8 Å². The highest BCUT2D eigenvalue weighted by Crippen LogP contribution is 2.39. The van der Waals surface area contributed by atoms with Gasteiger partial charge in [-0.1, -0.05) is 94.0 Å². The summed E-state index contributed by atoms with van der Waals surface area (Å²) in [6.07, 6.45) is 13.5. The van der Waals surface area contributed by atoms with Crippen molar-refractivity contribution in [2.75, 3.05) is 7.11 Å². The first kappa shape index (κ1) is 26.5. The maximum Gasteiger partial charge on any atom is 0.118 e. The molecule has 0 radical (unpaired) electrons. The minimum Gasteiger partial charge on any atom is -0.497 e. The number of hydrogen-bond donors (Lipinski definition) is 0. The normalized spacial score (nSPS) is 17.1. The summed E-state index contributed by atoms with van der Waals surface area (Å²) >= 11 is 0. The Kier molecular flexibility index (Phi) is 9.40. The van der Waals surface area contributed by atoms with E-state index in [0.717, 1.165) is 33.9 Å². The molecule has 1 aliphatic rings. The number of ether oxygens (including phenoxy) is 1. The van der Waals surface area contributed by atoms with Crippen LogP contribution in [0.2, 0.25) is 0 Å². The Morgan fingerprint density at radius 2 is 1.24 bits per heavy atom. The molecular weight excluding hydrogens is 452 g/mol. The van der Waals surface area contributed by atoms with Crippen LogP contribution < -0.4 is 4.74 Å². The second-order valence-electron chi connectivity index (χ2n) is 10.4. The molecule has 0 unspecified atom stereocenters. The van der Waals surface area contributed by atoms with Crippen molar-refractivity contribution in [3.8, 4) is 40.1 Å². The van der Waals surface area contributed by atoms with Crippen LogP contribution >= 0.6 is 0 Å². The van der Waals surface area contributed by atoms with Gasteiger partial charge in [0.25, 0.3) is 0 Å². The molecule has 0 amide bonds. The molecular formula is C34H38N2O. The van der Waals surface area contributed by atoms with Crippen molar-refractivity contribution in [2.45, 2.75) is 77.0 Å². The third kappa shape index (κ3) is 6.42. The van der Waals surface area contributed by atoms with E-state index in [4.69, 9.17) is 4.74 Å². The van der Waals surface area contributed by atoms with E-state index in [1.807, 2.05) is 36.4 Å². The van der Waals surface area contributed by atoms with Crippen LogP contribution in [0.3, 0.4) is 0 Å². The zero-order chi connectivity index (χ0) is 26.0. The first-order valence-electron chi connectivity index (χ1n) is 13.9. The number of nitrogens with zero attached hydrogens (tertiary/aromatic N) is 2. The van der Waals surface area contributed by atoms with E-state index in [1.165, 1.54) is 69.8 Å². The Hall–Kier alpha value is -3.56. The van der Waals surface area contributed by atoms with Crippen molar-refractivity contribution in [1.82, 2.24) is 0 Å². The summed E-state index contributed by atoms with van der Waals surface area (Å²) in [6, 6.07) is 24.8. The minimum absolute atomic E-state index is 0.419. The minimum atomic E-state index is 0.419. The Bertz CT molecular complexity index is 1240. The summed E-state index contributed by atoms with van der Waals surface area (Å²) in [5.41, 5.74) is 5.72. The predicted molar refractivity (Wildman–Crippen MR) is 151 cm³/mol. The molecule has 3 nitrogen and oxygen atoms in total. The molecule has 0 aromatic heterocycles. The lowest BCUT2D eigenvalue weighted by Crippen LogP contribution is -2.13. The highest BCUT2D eigenvalue weighted by Gasteiger charge is 2.22. The van der Waals surface area contributed by atoms with Gasteiger partial charge in [-0.15, -0.1) is 0 Å². The van der Waals surface area contributed by atoms with E-state index >= 15 is 0 Å². The van der Waals surface area contributed by atoms with Gasteiger partial charge in [0.05, 0.1) is 18.2 Å². The summed E-state index contributed by atoms with van der Waals surface area (Å²) in [4.78, 5) is 0. The van der Waals surface area contributed by atoms with Crippen LogP contribution in [0.1, 0.15) is 93.7 Å². The molecule has 0 heterocycles. The lowest BCUT2D eigenvalue weighted by Gasteiger charge is -2.29. The van der Waals surface area contributed by atoms with Gasteiger partial charge in [0.15, 0.2) is 0 Å². The lowest BCUT2D eigenvalue weighted by molar-refractivity contribution is 0.302. The monoisotopic (exact) mass is 490 g/mol. The van der Waals surface area contributed by atoms with Crippen molar-refractivity contribution in [3.63, 3.8) is 0 Å². The second kappa shape index (κ2) is 13.1. The van der Waals surface area contributed by atoms with E-state index in [9.17, 15) is 10.5 Å². The quantitative estimate of drug-likeness (QED) is 0.266. The van der Waals surface area contributed by atoms with Crippen LogP contribution in [0.5, 0.6) is 5.75 Å². The largest absolute Gasteiger partial charge is 0.497 e. The maximum absolute atomic E-state index is 10.0. The molecule has 1 saturated carbocycles. The fourth-order valence-corrected chi connectivity index (χ4v) is 5.84. The first-order chi connectivity index (χ1) is 18.2. The van der Waals surface area contributed by atoms with Crippen molar-refractivity contribution in [2.24, 2.45) is 5.92 Å². The van der Waals surface area contributed by atoms with Gasteiger partial charge in [-0.2, -0.15) is 10.5 Å². The number of methoxy groups -OCH3 is 1. The van der Waals surface area contributed by atoms with Crippen molar-refractivity contribution >= 4 is 0 Å². The van der Waals surface area contributed by atoms with E-state index < -0.39 is 0 Å². The first-order valence-corrected chi connectivity index (χ1v) is 13.9. The van der Waals surface area contributed by atoms with E-state index in [-0.39, 0.29) is 0 Å². The molecule has 1 fully saturated rings. The van der Waals surface area contributed by atoms with Crippen LogP contribution in [0.15, 0.2) is 60.7 Å². The van der Waals surface area contributed by atoms with Crippen molar-refractivity contribution in [3.05, 3.63) is 77.4 Å². The summed E-state index contributed by atoms with van der Waals surface area (Å²) in [5.74, 6) is 2.30. The molecule has 0 atom stereocenters. The van der Waals surface area contributed by atoms with Gasteiger partial charge in [-0.3, -0.25) is 0 Å². The third-order valence-electron chi connectivity index (χ3n) is 8.09. The van der Waals surface area contributed by atoms with Gasteiger partial charge in [0.1, 0.15) is 17.9 Å². The molecule has 3 aromatic carbocycles. The molecule has 0 saturated heterocycles. The van der Waals surface area contributed by atoms with Gasteiger partial charge in [-0.25, -0.2) is 0 Å². The molecule has 0 N–H and O–H groups in total. The zero-order valence-electron chi connectivity index (χ0n) is 22.3. The second-order valence-corrected chi connectivity index (χ2v) is 10.4. The molecule has 4 rings (SSSR count). The lowest BCUT2D eigenvalue weighted by atomic mass is 9.77. The van der Waals surface area contributed by atoms with Gasteiger partial charge >= 0.3 is 0 Å². The third-order valence-corrected chi connectivity index (χ3v) is 8.09. The fourth-order valence-electron chi connectivity index (χ4n) is 5.84. The highest BCUT2D eigenvalue weighted by atomic mass is 16.5. The van der Waals surface area contributed by atoms with Crippen LogP contribution in [0, 0.1) is 28.6 Å². The maximum atomic E-state index is 10.0. The average Bonchev–Trinajstić information content (AvgIpc) is 2.96. The standard InChI is InChI=1S/C34H38N2O/c1-3-4-5-6-7-8-25-9-11-26(12-10-25)27-13-15-28(16-14-27)31-21-22-32(34(24-36)33(31)23-35)29-17-19-30(37-2)20-18-29/h13-22,25-26H,3-12H2,1-2H3/t25-,26-. The molecule has 0 spiro atoms. The average molecular weight is 491 g/mol. The van der Waals surface area contributed by atoms with Crippen LogP contribution in [-0.2, 0) is 0 Å². The Morgan fingerprint density at radius 1 is 0.703 bits per heavy atom. The molecule has 3 aromatic rings. The number of nitriles is 2. The fraction of sp³-hybridized carbons (Fsp3) is 0.412. The Balaban J connectivity index is 1.45. The van der Waals surface area contributed by atoms with Gasteiger partial charge in [0, 0.05) is 11.1 Å². The molecule has 1 aliphatic carbocycles. The van der Waals surface area contributed by atoms with Gasteiger partial charge in [0.2, 0.25) is 0 Å². The molecule has 37 heavy (non-hydrogen) atoms. The van der Waals surface area contributed by atoms with Gasteiger partial charge in [-0.05, 0) is 66.3 Å². The van der Waals surface area contributed by atoms with Crippen LogP contribution in [0.4, 0.5) is 0 Å². The molecule has 0 aliphatic heterocycles. The van der Waals surface area contributed by atoms with E-state index in [0.29, 0.717) is 17.0 Å². The van der Waals surface area contributed by atoms with Crippen LogP contribution in [0.25, 0.3) is 22.3 Å². The Labute approximate surface area is 222 Å². The number of benzene rings is 3. The summed E-state index contributed by atoms with van der Waals surface area (Å²) < 4.78 is 5.25. The number of rotatable bonds is 10. The highest BCUT2D eigenvalue weighted by molar-refractivity contribution is 5.82. The summed E-state index contributed by atoms with van der Waals surface area (Å²) in [7, 11) is 1.63. The van der Waals surface area contributed by atoms with Crippen LogP contribution in [-0.4, -0.2) is 7.11 Å². The smallest absolute Gasteiger partial charge is 0.118 e. The summed E-state index contributed by atoms with van der Waals surface area (Å²) in [6.45, 7) is 2.28. The number of hydrogen-bond acceptors (Lipinski definition) is 3.